The molecule has 2 aliphatic heterocycles. The molecule has 144 valence electrons. The van der Waals surface area contributed by atoms with Crippen LogP contribution in [-0.2, 0) is 4.79 Å². The van der Waals surface area contributed by atoms with E-state index < -0.39 is 5.41 Å². The lowest BCUT2D eigenvalue weighted by atomic mass is 9.78. The topological polar surface area (TPSA) is 56.4 Å². The number of likely N-dealkylation sites (tertiary alicyclic amines) is 2. The van der Waals surface area contributed by atoms with Crippen LogP contribution in [0.3, 0.4) is 0 Å². The molecule has 3 heterocycles. The summed E-state index contributed by atoms with van der Waals surface area (Å²) in [6.07, 6.45) is 3.50. The minimum absolute atomic E-state index is 0.139. The Morgan fingerprint density at radius 1 is 1.30 bits per heavy atom. The fourth-order valence-corrected chi connectivity index (χ4v) is 4.75. The molecule has 2 fully saturated rings. The Hall–Kier alpha value is -2.37. The van der Waals surface area contributed by atoms with Crippen LogP contribution in [0.25, 0.3) is 10.9 Å². The Bertz CT molecular complexity index is 904. The summed E-state index contributed by atoms with van der Waals surface area (Å²) in [4.78, 5) is 32.9. The molecule has 2 amide bonds. The minimum atomic E-state index is -0.436. The molecule has 1 aromatic carbocycles. The number of aromatic nitrogens is 1. The van der Waals surface area contributed by atoms with Gasteiger partial charge in [-0.05, 0) is 44.2 Å². The van der Waals surface area contributed by atoms with E-state index in [9.17, 15) is 14.0 Å². The van der Waals surface area contributed by atoms with Gasteiger partial charge >= 0.3 is 0 Å². The number of nitrogens with zero attached hydrogens (tertiary/aromatic N) is 2. The zero-order valence-corrected chi connectivity index (χ0v) is 16.0. The Balaban J connectivity index is 1.59. The molecule has 1 aromatic heterocycles. The van der Waals surface area contributed by atoms with Crippen LogP contribution in [0.5, 0.6) is 0 Å². The Morgan fingerprint density at radius 2 is 2.11 bits per heavy atom. The number of rotatable bonds is 3. The van der Waals surface area contributed by atoms with Crippen molar-refractivity contribution in [3.05, 3.63) is 35.3 Å². The van der Waals surface area contributed by atoms with Gasteiger partial charge in [-0.2, -0.15) is 0 Å². The second-order valence-corrected chi connectivity index (χ2v) is 7.94. The Kier molecular flexibility index (Phi) is 4.44. The number of H-pyrrole nitrogens is 1. The van der Waals surface area contributed by atoms with Crippen LogP contribution in [0.1, 0.15) is 48.7 Å². The normalized spacial score (nSPS) is 23.0. The molecule has 2 saturated heterocycles. The van der Waals surface area contributed by atoms with Gasteiger partial charge in [0, 0.05) is 31.6 Å². The molecule has 1 N–H and O–H groups in total. The van der Waals surface area contributed by atoms with Crippen molar-refractivity contribution < 1.29 is 14.0 Å². The number of carbonyl (C=O) groups excluding carboxylic acids is 2. The largest absolute Gasteiger partial charge is 0.348 e. The first kappa shape index (κ1) is 18.0. The van der Waals surface area contributed by atoms with E-state index in [1.165, 1.54) is 6.07 Å². The summed E-state index contributed by atoms with van der Waals surface area (Å²) >= 11 is 0. The lowest BCUT2D eigenvalue weighted by molar-refractivity contribution is -0.145. The number of aryl methyl sites for hydroxylation is 1. The number of carbonyl (C=O) groups is 2. The van der Waals surface area contributed by atoms with Crippen molar-refractivity contribution in [3.63, 3.8) is 0 Å². The van der Waals surface area contributed by atoms with E-state index in [1.807, 2.05) is 17.9 Å². The number of halogens is 1. The van der Waals surface area contributed by atoms with Gasteiger partial charge in [-0.3, -0.25) is 9.59 Å². The number of nitrogens with one attached hydrogen (secondary N) is 1. The first-order valence-electron chi connectivity index (χ1n) is 9.82. The summed E-state index contributed by atoms with van der Waals surface area (Å²) in [6.45, 7) is 6.56. The van der Waals surface area contributed by atoms with Crippen LogP contribution in [0.4, 0.5) is 4.39 Å². The SMILES string of the molecule is CCCN1CCC[C@@]2(CCN(C(=O)c3[nH]c4c(F)cccc4c3C)C2)C1=O. The van der Waals surface area contributed by atoms with Crippen LogP contribution in [0.15, 0.2) is 18.2 Å². The molecule has 6 heteroatoms. The lowest BCUT2D eigenvalue weighted by Gasteiger charge is -2.39. The number of benzene rings is 1. The average Bonchev–Trinajstić information content (AvgIpc) is 3.23. The van der Waals surface area contributed by atoms with Crippen molar-refractivity contribution >= 4 is 22.7 Å². The van der Waals surface area contributed by atoms with Gasteiger partial charge in [0.15, 0.2) is 0 Å². The fourth-order valence-electron chi connectivity index (χ4n) is 4.75. The van der Waals surface area contributed by atoms with Crippen molar-refractivity contribution in [2.45, 2.75) is 39.5 Å². The maximum absolute atomic E-state index is 14.1. The summed E-state index contributed by atoms with van der Waals surface area (Å²) in [6, 6.07) is 4.86. The highest BCUT2D eigenvalue weighted by molar-refractivity contribution is 6.01. The first-order valence-corrected chi connectivity index (χ1v) is 9.82. The number of para-hydroxylation sites is 1. The number of hydrogen-bond donors (Lipinski definition) is 1. The van der Waals surface area contributed by atoms with E-state index in [1.54, 1.807) is 11.0 Å². The van der Waals surface area contributed by atoms with Gasteiger partial charge in [0.2, 0.25) is 5.91 Å². The van der Waals surface area contributed by atoms with Crippen molar-refractivity contribution in [2.75, 3.05) is 26.2 Å². The third kappa shape index (κ3) is 2.82. The number of aromatic amines is 1. The second-order valence-electron chi connectivity index (χ2n) is 7.94. The quantitative estimate of drug-likeness (QED) is 0.898. The Morgan fingerprint density at radius 3 is 2.85 bits per heavy atom. The van der Waals surface area contributed by atoms with Crippen molar-refractivity contribution in [1.29, 1.82) is 0 Å². The maximum atomic E-state index is 14.1. The van der Waals surface area contributed by atoms with Gasteiger partial charge in [0.05, 0.1) is 10.9 Å². The predicted octanol–water partition coefficient (Wildman–Crippen LogP) is 3.48. The molecule has 4 rings (SSSR count). The summed E-state index contributed by atoms with van der Waals surface area (Å²) in [5.41, 5.74) is 1.13. The molecule has 0 bridgehead atoms. The number of amides is 2. The Labute approximate surface area is 158 Å². The summed E-state index contributed by atoms with van der Waals surface area (Å²) in [5, 5.41) is 0.732. The molecular formula is C21H26FN3O2. The molecule has 0 saturated carbocycles. The molecule has 0 unspecified atom stereocenters. The predicted molar refractivity (Wildman–Crippen MR) is 102 cm³/mol. The van der Waals surface area contributed by atoms with E-state index in [0.717, 1.165) is 43.3 Å². The number of hydrogen-bond acceptors (Lipinski definition) is 2. The highest BCUT2D eigenvalue weighted by Gasteiger charge is 2.49. The second kappa shape index (κ2) is 6.66. The van der Waals surface area contributed by atoms with Crippen LogP contribution in [0.2, 0.25) is 0 Å². The molecule has 27 heavy (non-hydrogen) atoms. The molecule has 0 aliphatic carbocycles. The molecule has 1 spiro atoms. The van der Waals surface area contributed by atoms with E-state index in [2.05, 4.69) is 11.9 Å². The third-order valence-electron chi connectivity index (χ3n) is 6.22. The van der Waals surface area contributed by atoms with Gasteiger partial charge in [0.25, 0.3) is 5.91 Å². The van der Waals surface area contributed by atoms with Gasteiger partial charge in [-0.25, -0.2) is 4.39 Å². The minimum Gasteiger partial charge on any atom is -0.348 e. The van der Waals surface area contributed by atoms with Crippen LogP contribution in [-0.4, -0.2) is 52.8 Å². The molecular weight excluding hydrogens is 345 g/mol. The standard InChI is InChI=1S/C21H26FN3O2/c1-3-10-24-11-5-8-21(20(24)27)9-12-25(13-21)19(26)17-14(2)15-6-4-7-16(22)18(15)23-17/h4,6-7,23H,3,5,8-13H2,1-2H3/t21-/m0/s1. The average molecular weight is 371 g/mol. The van der Waals surface area contributed by atoms with Gasteiger partial charge < -0.3 is 14.8 Å². The molecule has 5 nitrogen and oxygen atoms in total. The zero-order chi connectivity index (χ0) is 19.2. The number of fused-ring (bicyclic) bond motifs is 1. The monoisotopic (exact) mass is 371 g/mol. The van der Waals surface area contributed by atoms with Gasteiger partial charge in [0.1, 0.15) is 11.5 Å². The maximum Gasteiger partial charge on any atom is 0.270 e. The highest BCUT2D eigenvalue weighted by atomic mass is 19.1. The highest BCUT2D eigenvalue weighted by Crippen LogP contribution is 2.41. The molecule has 2 aliphatic rings. The summed E-state index contributed by atoms with van der Waals surface area (Å²) < 4.78 is 14.1. The van der Waals surface area contributed by atoms with E-state index >= 15 is 0 Å². The fraction of sp³-hybridized carbons (Fsp3) is 0.524. The first-order chi connectivity index (χ1) is 13.0. The lowest BCUT2D eigenvalue weighted by Crippen LogP contribution is -2.50. The smallest absolute Gasteiger partial charge is 0.270 e. The summed E-state index contributed by atoms with van der Waals surface area (Å²) in [7, 11) is 0. The molecule has 2 aromatic rings. The van der Waals surface area contributed by atoms with Crippen molar-refractivity contribution in [3.8, 4) is 0 Å². The van der Waals surface area contributed by atoms with E-state index in [4.69, 9.17) is 0 Å². The van der Waals surface area contributed by atoms with Crippen molar-refractivity contribution in [1.82, 2.24) is 14.8 Å². The van der Waals surface area contributed by atoms with Gasteiger partial charge in [-0.1, -0.05) is 19.1 Å². The summed E-state index contributed by atoms with van der Waals surface area (Å²) in [5.74, 6) is -0.295. The van der Waals surface area contributed by atoms with E-state index in [0.29, 0.717) is 30.7 Å². The molecule has 0 radical (unpaired) electrons. The zero-order valence-electron chi connectivity index (χ0n) is 16.0. The van der Waals surface area contributed by atoms with Crippen LogP contribution < -0.4 is 0 Å². The third-order valence-corrected chi connectivity index (χ3v) is 6.22. The van der Waals surface area contributed by atoms with Crippen molar-refractivity contribution in [2.24, 2.45) is 5.41 Å². The van der Waals surface area contributed by atoms with Gasteiger partial charge in [-0.15, -0.1) is 0 Å². The van der Waals surface area contributed by atoms with Crippen LogP contribution >= 0.6 is 0 Å². The van der Waals surface area contributed by atoms with E-state index in [-0.39, 0.29) is 17.6 Å². The molecule has 1 atom stereocenters. The number of piperidine rings is 1. The van der Waals surface area contributed by atoms with Crippen LogP contribution in [0, 0.1) is 18.2 Å².